The maximum absolute atomic E-state index is 14.0. The van der Waals surface area contributed by atoms with E-state index in [0.717, 1.165) is 18.9 Å². The van der Waals surface area contributed by atoms with Crippen molar-refractivity contribution in [2.75, 3.05) is 25.2 Å². The Morgan fingerprint density at radius 2 is 2.00 bits per heavy atom. The third-order valence-electron chi connectivity index (χ3n) is 3.37. The standard InChI is InChI=1S/C12H17FN2O3S/c1-15(9-4-6-18-7-5-9)12-3-2-10(8-11(12)13)19(14,16)17/h2-3,8-9H,4-7H2,1H3,(H2,14,16,17). The molecule has 1 saturated heterocycles. The number of benzene rings is 1. The lowest BCUT2D eigenvalue weighted by Crippen LogP contribution is -2.37. The molecular weight excluding hydrogens is 271 g/mol. The summed E-state index contributed by atoms with van der Waals surface area (Å²) in [5.41, 5.74) is 0.374. The molecule has 0 radical (unpaired) electrons. The quantitative estimate of drug-likeness (QED) is 0.903. The summed E-state index contributed by atoms with van der Waals surface area (Å²) in [7, 11) is -2.07. The van der Waals surface area contributed by atoms with E-state index in [9.17, 15) is 12.8 Å². The van der Waals surface area contributed by atoms with E-state index >= 15 is 0 Å². The molecule has 1 heterocycles. The molecule has 5 nitrogen and oxygen atoms in total. The van der Waals surface area contributed by atoms with Crippen LogP contribution in [0.1, 0.15) is 12.8 Å². The lowest BCUT2D eigenvalue weighted by molar-refractivity contribution is 0.0853. The van der Waals surface area contributed by atoms with Crippen molar-refractivity contribution in [2.45, 2.75) is 23.8 Å². The molecule has 0 atom stereocenters. The van der Waals surface area contributed by atoms with Gasteiger partial charge in [0, 0.05) is 26.3 Å². The highest BCUT2D eigenvalue weighted by Crippen LogP contribution is 2.25. The maximum Gasteiger partial charge on any atom is 0.238 e. The smallest absolute Gasteiger partial charge is 0.238 e. The van der Waals surface area contributed by atoms with Gasteiger partial charge in [0.2, 0.25) is 10.0 Å². The summed E-state index contributed by atoms with van der Waals surface area (Å²) < 4.78 is 41.6. The predicted molar refractivity (Wildman–Crippen MR) is 70.0 cm³/mol. The van der Waals surface area contributed by atoms with Crippen LogP contribution in [0.3, 0.4) is 0 Å². The van der Waals surface area contributed by atoms with Gasteiger partial charge in [0.15, 0.2) is 0 Å². The van der Waals surface area contributed by atoms with Gasteiger partial charge in [-0.1, -0.05) is 0 Å². The zero-order chi connectivity index (χ0) is 14.0. The third-order valence-corrected chi connectivity index (χ3v) is 4.28. The maximum atomic E-state index is 14.0. The Hall–Kier alpha value is -1.18. The van der Waals surface area contributed by atoms with E-state index in [1.165, 1.54) is 12.1 Å². The number of hydrogen-bond acceptors (Lipinski definition) is 4. The topological polar surface area (TPSA) is 72.6 Å². The van der Waals surface area contributed by atoms with Gasteiger partial charge in [-0.05, 0) is 31.0 Å². The molecule has 7 heteroatoms. The summed E-state index contributed by atoms with van der Waals surface area (Å²) in [4.78, 5) is 1.61. The normalized spacial score (nSPS) is 17.4. The van der Waals surface area contributed by atoms with Crippen LogP contribution in [0.2, 0.25) is 0 Å². The van der Waals surface area contributed by atoms with Gasteiger partial charge in [-0.3, -0.25) is 0 Å². The Labute approximate surface area is 112 Å². The van der Waals surface area contributed by atoms with E-state index in [2.05, 4.69) is 0 Å². The average molecular weight is 288 g/mol. The van der Waals surface area contributed by atoms with Crippen molar-refractivity contribution in [3.05, 3.63) is 24.0 Å². The number of sulfonamides is 1. The minimum absolute atomic E-state index is 0.198. The summed E-state index contributed by atoms with van der Waals surface area (Å²) in [6.45, 7) is 1.32. The fourth-order valence-electron chi connectivity index (χ4n) is 2.22. The lowest BCUT2D eigenvalue weighted by atomic mass is 10.1. The van der Waals surface area contributed by atoms with Crippen molar-refractivity contribution in [3.8, 4) is 0 Å². The van der Waals surface area contributed by atoms with Crippen molar-refractivity contribution in [3.63, 3.8) is 0 Å². The van der Waals surface area contributed by atoms with Crippen molar-refractivity contribution < 1.29 is 17.5 Å². The Morgan fingerprint density at radius 1 is 1.37 bits per heavy atom. The van der Waals surface area contributed by atoms with Crippen LogP contribution < -0.4 is 10.0 Å². The number of primary sulfonamides is 1. The van der Waals surface area contributed by atoms with E-state index in [0.29, 0.717) is 18.9 Å². The summed E-state index contributed by atoms with van der Waals surface area (Å²) in [5.74, 6) is -0.583. The van der Waals surface area contributed by atoms with Gasteiger partial charge >= 0.3 is 0 Å². The van der Waals surface area contributed by atoms with Crippen molar-refractivity contribution in [1.82, 2.24) is 0 Å². The van der Waals surface area contributed by atoms with E-state index in [1.54, 1.807) is 7.05 Å². The minimum Gasteiger partial charge on any atom is -0.381 e. The van der Waals surface area contributed by atoms with Crippen LogP contribution in [0.15, 0.2) is 23.1 Å². The highest BCUT2D eigenvalue weighted by molar-refractivity contribution is 7.89. The first kappa shape index (κ1) is 14.2. The molecule has 0 aromatic heterocycles. The molecule has 1 aliphatic heterocycles. The van der Waals surface area contributed by atoms with Gasteiger partial charge in [-0.15, -0.1) is 0 Å². The first-order chi connectivity index (χ1) is 8.89. The zero-order valence-corrected chi connectivity index (χ0v) is 11.5. The van der Waals surface area contributed by atoms with Crippen molar-refractivity contribution >= 4 is 15.7 Å². The molecule has 0 aliphatic carbocycles. The second-order valence-corrected chi connectivity index (χ2v) is 6.17. The molecule has 1 aromatic rings. The molecule has 2 rings (SSSR count). The van der Waals surface area contributed by atoms with Gasteiger partial charge in [0.25, 0.3) is 0 Å². The third kappa shape index (κ3) is 3.23. The predicted octanol–water partition coefficient (Wildman–Crippen LogP) is 1.09. The van der Waals surface area contributed by atoms with Crippen LogP contribution in [-0.2, 0) is 14.8 Å². The molecule has 106 valence electrons. The van der Waals surface area contributed by atoms with Crippen LogP contribution in [-0.4, -0.2) is 34.7 Å². The number of ether oxygens (including phenoxy) is 1. The second kappa shape index (κ2) is 5.44. The summed E-state index contributed by atoms with van der Waals surface area (Å²) in [6, 6.07) is 3.93. The average Bonchev–Trinajstić information content (AvgIpc) is 2.38. The first-order valence-electron chi connectivity index (χ1n) is 6.02. The molecule has 0 spiro atoms. The Morgan fingerprint density at radius 3 is 2.53 bits per heavy atom. The molecule has 1 aliphatic rings. The number of halogens is 1. The number of hydrogen-bond donors (Lipinski definition) is 1. The Balaban J connectivity index is 2.25. The van der Waals surface area contributed by atoms with Crippen LogP contribution >= 0.6 is 0 Å². The molecule has 0 unspecified atom stereocenters. The number of anilines is 1. The van der Waals surface area contributed by atoms with Gasteiger partial charge in [0.1, 0.15) is 5.82 Å². The van der Waals surface area contributed by atoms with Gasteiger partial charge in [-0.2, -0.15) is 0 Å². The highest BCUT2D eigenvalue weighted by Gasteiger charge is 2.21. The number of nitrogens with zero attached hydrogens (tertiary/aromatic N) is 1. The lowest BCUT2D eigenvalue weighted by Gasteiger charge is -2.33. The van der Waals surface area contributed by atoms with Crippen LogP contribution in [0.4, 0.5) is 10.1 Å². The Bertz CT molecular complexity index is 556. The summed E-state index contributed by atoms with van der Waals surface area (Å²) >= 11 is 0. The van der Waals surface area contributed by atoms with E-state index < -0.39 is 15.8 Å². The zero-order valence-electron chi connectivity index (χ0n) is 10.7. The van der Waals surface area contributed by atoms with Crippen molar-refractivity contribution in [2.24, 2.45) is 5.14 Å². The van der Waals surface area contributed by atoms with E-state index in [4.69, 9.17) is 9.88 Å². The van der Waals surface area contributed by atoms with Gasteiger partial charge < -0.3 is 9.64 Å². The van der Waals surface area contributed by atoms with Crippen LogP contribution in [0, 0.1) is 5.82 Å². The molecule has 19 heavy (non-hydrogen) atoms. The van der Waals surface area contributed by atoms with E-state index in [-0.39, 0.29) is 10.9 Å². The number of rotatable bonds is 3. The minimum atomic E-state index is -3.87. The van der Waals surface area contributed by atoms with Crippen molar-refractivity contribution in [1.29, 1.82) is 0 Å². The second-order valence-electron chi connectivity index (χ2n) is 4.61. The fraction of sp³-hybridized carbons (Fsp3) is 0.500. The molecule has 2 N–H and O–H groups in total. The summed E-state index contributed by atoms with van der Waals surface area (Å²) in [5, 5.41) is 4.97. The van der Waals surface area contributed by atoms with E-state index in [1.807, 2.05) is 4.90 Å². The van der Waals surface area contributed by atoms with Gasteiger partial charge in [-0.25, -0.2) is 17.9 Å². The molecule has 0 bridgehead atoms. The molecular formula is C12H17FN2O3S. The largest absolute Gasteiger partial charge is 0.381 e. The Kier molecular flexibility index (Phi) is 4.07. The van der Waals surface area contributed by atoms with Gasteiger partial charge in [0.05, 0.1) is 10.6 Å². The summed E-state index contributed by atoms with van der Waals surface area (Å²) in [6.07, 6.45) is 1.65. The molecule has 0 amide bonds. The SMILES string of the molecule is CN(c1ccc(S(N)(=O)=O)cc1F)C1CCOCC1. The van der Waals surface area contributed by atoms with Crippen LogP contribution in [0.5, 0.6) is 0 Å². The number of nitrogens with two attached hydrogens (primary N) is 1. The van der Waals surface area contributed by atoms with Crippen LogP contribution in [0.25, 0.3) is 0 Å². The first-order valence-corrected chi connectivity index (χ1v) is 7.57. The molecule has 1 aromatic carbocycles. The monoisotopic (exact) mass is 288 g/mol. The molecule has 0 saturated carbocycles. The highest BCUT2D eigenvalue weighted by atomic mass is 32.2. The molecule has 1 fully saturated rings. The fourth-order valence-corrected chi connectivity index (χ4v) is 2.75.